The number of aryl methyl sites for hydroxylation is 1. The van der Waals surface area contributed by atoms with Crippen LogP contribution in [0.3, 0.4) is 0 Å². The minimum absolute atomic E-state index is 0.0434. The van der Waals surface area contributed by atoms with E-state index >= 15 is 0 Å². The van der Waals surface area contributed by atoms with Crippen LogP contribution in [-0.2, 0) is 0 Å². The van der Waals surface area contributed by atoms with Crippen molar-refractivity contribution in [3.05, 3.63) is 38.9 Å². The number of nitro benzene ring substituents is 1. The van der Waals surface area contributed by atoms with Crippen LogP contribution >= 0.6 is 0 Å². The molecule has 0 atom stereocenters. The summed E-state index contributed by atoms with van der Waals surface area (Å²) in [4.78, 5) is 21.0. The largest absolute Gasteiger partial charge is 0.365 e. The first kappa shape index (κ1) is 10.2. The number of rotatable bonds is 2. The molecule has 0 unspecified atom stereocenters. The van der Waals surface area contributed by atoms with E-state index in [0.717, 1.165) is 5.56 Å². The van der Waals surface area contributed by atoms with Gasteiger partial charge >= 0.3 is 0 Å². The molecule has 0 saturated carbocycles. The van der Waals surface area contributed by atoms with Gasteiger partial charge in [-0.05, 0) is 25.5 Å². The molecule has 0 aliphatic carbocycles. The Morgan fingerprint density at radius 2 is 2.00 bits per heavy atom. The third-order valence-electron chi connectivity index (χ3n) is 2.15. The molecule has 14 heavy (non-hydrogen) atoms. The Morgan fingerprint density at radius 3 is 2.43 bits per heavy atom. The zero-order valence-corrected chi connectivity index (χ0v) is 7.90. The van der Waals surface area contributed by atoms with E-state index in [-0.39, 0.29) is 11.3 Å². The molecule has 2 N–H and O–H groups in total. The number of amides is 1. The van der Waals surface area contributed by atoms with Gasteiger partial charge in [-0.15, -0.1) is 0 Å². The van der Waals surface area contributed by atoms with Gasteiger partial charge in [0.25, 0.3) is 11.6 Å². The lowest BCUT2D eigenvalue weighted by atomic mass is 10.0. The zero-order chi connectivity index (χ0) is 10.9. The van der Waals surface area contributed by atoms with Crippen molar-refractivity contribution in [2.45, 2.75) is 13.8 Å². The van der Waals surface area contributed by atoms with Crippen molar-refractivity contribution in [1.82, 2.24) is 0 Å². The molecule has 0 radical (unpaired) electrons. The van der Waals surface area contributed by atoms with Crippen molar-refractivity contribution in [2.75, 3.05) is 0 Å². The van der Waals surface area contributed by atoms with Gasteiger partial charge in [0.2, 0.25) is 0 Å². The van der Waals surface area contributed by atoms with Gasteiger partial charge < -0.3 is 5.73 Å². The Morgan fingerprint density at radius 1 is 1.43 bits per heavy atom. The van der Waals surface area contributed by atoms with E-state index in [1.165, 1.54) is 6.07 Å². The summed E-state index contributed by atoms with van der Waals surface area (Å²) in [6.07, 6.45) is 0. The molecule has 74 valence electrons. The van der Waals surface area contributed by atoms with Crippen LogP contribution in [0.1, 0.15) is 21.5 Å². The number of carbonyl (C=O) groups excluding carboxylic acids is 1. The first-order valence-corrected chi connectivity index (χ1v) is 3.99. The third kappa shape index (κ3) is 1.56. The average molecular weight is 194 g/mol. The van der Waals surface area contributed by atoms with E-state index in [9.17, 15) is 14.9 Å². The maximum Gasteiger partial charge on any atom is 0.285 e. The number of carbonyl (C=O) groups is 1. The molecule has 0 spiro atoms. The van der Waals surface area contributed by atoms with Gasteiger partial charge in [-0.1, -0.05) is 6.07 Å². The molecule has 1 aromatic rings. The second-order valence-electron chi connectivity index (χ2n) is 3.02. The maximum absolute atomic E-state index is 10.9. The summed E-state index contributed by atoms with van der Waals surface area (Å²) < 4.78 is 0. The fourth-order valence-corrected chi connectivity index (χ4v) is 1.24. The summed E-state index contributed by atoms with van der Waals surface area (Å²) in [5.74, 6) is -0.778. The predicted octanol–water partition coefficient (Wildman–Crippen LogP) is 1.31. The van der Waals surface area contributed by atoms with Gasteiger partial charge in [0, 0.05) is 5.56 Å². The highest BCUT2D eigenvalue weighted by molar-refractivity contribution is 5.97. The normalized spacial score (nSPS) is 9.86. The van der Waals surface area contributed by atoms with Gasteiger partial charge in [-0.25, -0.2) is 0 Å². The van der Waals surface area contributed by atoms with Crippen LogP contribution in [0.4, 0.5) is 5.69 Å². The van der Waals surface area contributed by atoms with E-state index in [1.807, 2.05) is 0 Å². The number of hydrogen-bond donors (Lipinski definition) is 1. The fourth-order valence-electron chi connectivity index (χ4n) is 1.24. The highest BCUT2D eigenvalue weighted by atomic mass is 16.6. The number of benzene rings is 1. The number of nitrogens with zero attached hydrogens (tertiary/aromatic N) is 1. The summed E-state index contributed by atoms with van der Waals surface area (Å²) in [5.41, 5.74) is 6.03. The lowest BCUT2D eigenvalue weighted by Crippen LogP contribution is -2.14. The second kappa shape index (κ2) is 3.45. The van der Waals surface area contributed by atoms with E-state index in [4.69, 9.17) is 5.73 Å². The van der Waals surface area contributed by atoms with E-state index < -0.39 is 10.8 Å². The number of hydrogen-bond acceptors (Lipinski definition) is 3. The van der Waals surface area contributed by atoms with Crippen LogP contribution in [0.15, 0.2) is 12.1 Å². The minimum Gasteiger partial charge on any atom is -0.365 e. The first-order chi connectivity index (χ1) is 6.45. The Labute approximate surface area is 80.7 Å². The van der Waals surface area contributed by atoms with Gasteiger partial charge in [0.05, 0.1) is 4.92 Å². The maximum atomic E-state index is 10.9. The fraction of sp³-hybridized carbons (Fsp3) is 0.222. The molecular weight excluding hydrogens is 184 g/mol. The quantitative estimate of drug-likeness (QED) is 0.568. The molecule has 0 aliphatic heterocycles. The highest BCUT2D eigenvalue weighted by Gasteiger charge is 2.21. The third-order valence-corrected chi connectivity index (χ3v) is 2.15. The summed E-state index contributed by atoms with van der Waals surface area (Å²) >= 11 is 0. The molecule has 0 fully saturated rings. The van der Waals surface area contributed by atoms with Crippen molar-refractivity contribution in [2.24, 2.45) is 5.73 Å². The van der Waals surface area contributed by atoms with Crippen molar-refractivity contribution in [3.63, 3.8) is 0 Å². The molecule has 0 saturated heterocycles. The van der Waals surface area contributed by atoms with Crippen LogP contribution in [0.25, 0.3) is 0 Å². The average Bonchev–Trinajstić information content (AvgIpc) is 2.08. The predicted molar refractivity (Wildman–Crippen MR) is 51.1 cm³/mol. The van der Waals surface area contributed by atoms with Crippen LogP contribution < -0.4 is 5.73 Å². The first-order valence-electron chi connectivity index (χ1n) is 3.99. The van der Waals surface area contributed by atoms with E-state index in [0.29, 0.717) is 5.56 Å². The van der Waals surface area contributed by atoms with Gasteiger partial charge in [0.15, 0.2) is 0 Å². The van der Waals surface area contributed by atoms with Crippen LogP contribution in [0.5, 0.6) is 0 Å². The molecule has 0 aliphatic rings. The monoisotopic (exact) mass is 194 g/mol. The Balaban J connectivity index is 3.53. The van der Waals surface area contributed by atoms with Gasteiger partial charge in [-0.3, -0.25) is 14.9 Å². The summed E-state index contributed by atoms with van der Waals surface area (Å²) in [5, 5.41) is 10.7. The van der Waals surface area contributed by atoms with Crippen molar-refractivity contribution >= 4 is 11.6 Å². The smallest absolute Gasteiger partial charge is 0.285 e. The SMILES string of the molecule is Cc1ccc(C(N)=O)c([N+](=O)[O-])c1C. The van der Waals surface area contributed by atoms with Crippen LogP contribution in [0.2, 0.25) is 0 Å². The molecule has 0 heterocycles. The minimum atomic E-state index is -0.778. The summed E-state index contributed by atoms with van der Waals surface area (Å²) in [7, 11) is 0. The van der Waals surface area contributed by atoms with Crippen molar-refractivity contribution < 1.29 is 9.72 Å². The molecule has 0 aromatic heterocycles. The Kier molecular flexibility index (Phi) is 2.51. The standard InChI is InChI=1S/C9H10N2O3/c1-5-3-4-7(9(10)12)8(6(5)2)11(13)14/h3-4H,1-2H3,(H2,10,12). The van der Waals surface area contributed by atoms with Crippen molar-refractivity contribution in [3.8, 4) is 0 Å². The molecular formula is C9H10N2O3. The molecule has 1 amide bonds. The lowest BCUT2D eigenvalue weighted by Gasteiger charge is -2.04. The van der Waals surface area contributed by atoms with Gasteiger partial charge in [0.1, 0.15) is 5.56 Å². The second-order valence-corrected chi connectivity index (χ2v) is 3.02. The lowest BCUT2D eigenvalue weighted by molar-refractivity contribution is -0.385. The Bertz CT molecular complexity index is 413. The van der Waals surface area contributed by atoms with Crippen LogP contribution in [0, 0.1) is 24.0 Å². The Hall–Kier alpha value is -1.91. The van der Waals surface area contributed by atoms with E-state index in [2.05, 4.69) is 0 Å². The number of primary amides is 1. The molecule has 5 nitrogen and oxygen atoms in total. The zero-order valence-electron chi connectivity index (χ0n) is 7.90. The summed E-state index contributed by atoms with van der Waals surface area (Å²) in [6.45, 7) is 3.34. The topological polar surface area (TPSA) is 86.2 Å². The summed E-state index contributed by atoms with van der Waals surface area (Å²) in [6, 6.07) is 3.02. The molecule has 1 rings (SSSR count). The molecule has 0 bridgehead atoms. The molecule has 1 aromatic carbocycles. The van der Waals surface area contributed by atoms with E-state index in [1.54, 1.807) is 19.9 Å². The number of nitro groups is 1. The van der Waals surface area contributed by atoms with Gasteiger partial charge in [-0.2, -0.15) is 0 Å². The van der Waals surface area contributed by atoms with Crippen LogP contribution in [-0.4, -0.2) is 10.8 Å². The number of nitrogens with two attached hydrogens (primary N) is 1. The van der Waals surface area contributed by atoms with Crippen molar-refractivity contribution in [1.29, 1.82) is 0 Å². The molecule has 5 heteroatoms. The highest BCUT2D eigenvalue weighted by Crippen LogP contribution is 2.25.